The number of urea groups is 1. The Morgan fingerprint density at radius 3 is 2.12 bits per heavy atom. The first-order valence-corrected chi connectivity index (χ1v) is 7.57. The Kier molecular flexibility index (Phi) is 6.27. The highest BCUT2D eigenvalue weighted by atomic mass is 16.5. The summed E-state index contributed by atoms with van der Waals surface area (Å²) in [5.74, 6) is -1.68. The number of aromatic nitrogens is 1. The normalized spacial score (nSPS) is 11.8. The highest BCUT2D eigenvalue weighted by Crippen LogP contribution is 2.19. The number of imide groups is 1. The zero-order valence-electron chi connectivity index (χ0n) is 14.7. The number of carbonyl (C=O) groups is 4. The summed E-state index contributed by atoms with van der Waals surface area (Å²) in [4.78, 5) is 49.9. The van der Waals surface area contributed by atoms with Crippen LogP contribution in [0.4, 0.5) is 4.79 Å². The van der Waals surface area contributed by atoms with Gasteiger partial charge in [0.15, 0.2) is 11.9 Å². The van der Waals surface area contributed by atoms with Crippen LogP contribution < -0.4 is 10.6 Å². The Labute approximate surface area is 140 Å². The maximum atomic E-state index is 12.2. The summed E-state index contributed by atoms with van der Waals surface area (Å²) in [6.45, 7) is 9.55. The van der Waals surface area contributed by atoms with Gasteiger partial charge in [0, 0.05) is 17.3 Å². The molecule has 0 aliphatic rings. The standard InChI is InChI=1S/C16H23N3O5/c1-7(2)17-16(23)19-14(21)11(6)24-15(22)13-8(3)12(10(5)20)9(4)18-13/h7,11,18H,1-6H3,(H2,17,19,21,23). The van der Waals surface area contributed by atoms with Crippen molar-refractivity contribution < 1.29 is 23.9 Å². The maximum Gasteiger partial charge on any atom is 0.355 e. The topological polar surface area (TPSA) is 117 Å². The predicted octanol–water partition coefficient (Wildman–Crippen LogP) is 1.61. The lowest BCUT2D eigenvalue weighted by Crippen LogP contribution is -2.46. The third-order valence-electron chi connectivity index (χ3n) is 3.30. The van der Waals surface area contributed by atoms with Crippen LogP contribution >= 0.6 is 0 Å². The van der Waals surface area contributed by atoms with E-state index in [9.17, 15) is 19.2 Å². The predicted molar refractivity (Wildman–Crippen MR) is 87.0 cm³/mol. The number of rotatable bonds is 5. The Balaban J connectivity index is 2.77. The van der Waals surface area contributed by atoms with E-state index in [4.69, 9.17) is 4.74 Å². The minimum atomic E-state index is -1.17. The molecule has 24 heavy (non-hydrogen) atoms. The highest BCUT2D eigenvalue weighted by Gasteiger charge is 2.25. The van der Waals surface area contributed by atoms with Gasteiger partial charge in [-0.3, -0.25) is 14.9 Å². The fourth-order valence-electron chi connectivity index (χ4n) is 2.27. The van der Waals surface area contributed by atoms with E-state index in [1.165, 1.54) is 13.8 Å². The van der Waals surface area contributed by atoms with E-state index < -0.39 is 24.0 Å². The SMILES string of the molecule is CC(=O)c1c(C)[nH]c(C(=O)OC(C)C(=O)NC(=O)NC(C)C)c1C. The van der Waals surface area contributed by atoms with Gasteiger partial charge in [0.1, 0.15) is 5.69 Å². The van der Waals surface area contributed by atoms with Crippen LogP contribution in [0.5, 0.6) is 0 Å². The first-order chi connectivity index (χ1) is 11.0. The van der Waals surface area contributed by atoms with Gasteiger partial charge in [-0.05, 0) is 47.1 Å². The summed E-state index contributed by atoms with van der Waals surface area (Å²) in [5, 5.41) is 4.58. The molecule has 0 fully saturated rings. The largest absolute Gasteiger partial charge is 0.448 e. The number of H-pyrrole nitrogens is 1. The van der Waals surface area contributed by atoms with E-state index >= 15 is 0 Å². The van der Waals surface area contributed by atoms with Crippen molar-refractivity contribution in [2.24, 2.45) is 0 Å². The van der Waals surface area contributed by atoms with Gasteiger partial charge in [0.2, 0.25) is 0 Å². The molecule has 0 spiro atoms. The molecule has 132 valence electrons. The molecule has 0 saturated carbocycles. The van der Waals surface area contributed by atoms with Crippen molar-refractivity contribution in [2.45, 2.75) is 53.7 Å². The molecule has 3 amide bonds. The number of Topliss-reactive ketones (excluding diaryl/α,β-unsaturated/α-hetero) is 1. The minimum Gasteiger partial charge on any atom is -0.448 e. The third kappa shape index (κ3) is 4.68. The number of amides is 3. The van der Waals surface area contributed by atoms with Gasteiger partial charge < -0.3 is 15.0 Å². The monoisotopic (exact) mass is 337 g/mol. The Hall–Kier alpha value is -2.64. The molecule has 0 saturated heterocycles. The lowest BCUT2D eigenvalue weighted by Gasteiger charge is -2.14. The van der Waals surface area contributed by atoms with Gasteiger partial charge in [0.25, 0.3) is 5.91 Å². The molecular weight excluding hydrogens is 314 g/mol. The van der Waals surface area contributed by atoms with Gasteiger partial charge in [0.05, 0.1) is 0 Å². The van der Waals surface area contributed by atoms with Crippen LogP contribution in [0.3, 0.4) is 0 Å². The lowest BCUT2D eigenvalue weighted by molar-refractivity contribution is -0.127. The van der Waals surface area contributed by atoms with Crippen LogP contribution in [0.1, 0.15) is 59.8 Å². The van der Waals surface area contributed by atoms with Crippen LogP contribution in [0.2, 0.25) is 0 Å². The third-order valence-corrected chi connectivity index (χ3v) is 3.30. The van der Waals surface area contributed by atoms with Gasteiger partial charge in [-0.2, -0.15) is 0 Å². The summed E-state index contributed by atoms with van der Waals surface area (Å²) in [5.41, 5.74) is 1.56. The molecule has 1 aromatic rings. The lowest BCUT2D eigenvalue weighted by atomic mass is 10.1. The van der Waals surface area contributed by atoms with Gasteiger partial charge in [-0.25, -0.2) is 9.59 Å². The van der Waals surface area contributed by atoms with Gasteiger partial charge in [-0.1, -0.05) is 0 Å². The number of carbonyl (C=O) groups excluding carboxylic acids is 4. The second kappa shape index (κ2) is 7.76. The average Bonchev–Trinajstić information content (AvgIpc) is 2.72. The minimum absolute atomic E-state index is 0.115. The molecule has 1 aromatic heterocycles. The average molecular weight is 337 g/mol. The van der Waals surface area contributed by atoms with Crippen LogP contribution in [0, 0.1) is 13.8 Å². The molecule has 1 rings (SSSR count). The number of ketones is 1. The second-order valence-electron chi connectivity index (χ2n) is 5.85. The number of aromatic amines is 1. The molecule has 0 radical (unpaired) electrons. The fraction of sp³-hybridized carbons (Fsp3) is 0.500. The fourth-order valence-corrected chi connectivity index (χ4v) is 2.27. The second-order valence-corrected chi connectivity index (χ2v) is 5.85. The molecule has 0 aliphatic carbocycles. The highest BCUT2D eigenvalue weighted by molar-refractivity contribution is 6.02. The van der Waals surface area contributed by atoms with Crippen molar-refractivity contribution in [2.75, 3.05) is 0 Å². The van der Waals surface area contributed by atoms with Crippen molar-refractivity contribution in [1.82, 2.24) is 15.6 Å². The zero-order chi connectivity index (χ0) is 18.6. The molecular formula is C16H23N3O5. The summed E-state index contributed by atoms with van der Waals surface area (Å²) in [6.07, 6.45) is -1.17. The summed E-state index contributed by atoms with van der Waals surface area (Å²) < 4.78 is 5.06. The van der Waals surface area contributed by atoms with E-state index in [1.54, 1.807) is 27.7 Å². The quantitative estimate of drug-likeness (QED) is 0.557. The van der Waals surface area contributed by atoms with Crippen LogP contribution in [-0.4, -0.2) is 40.8 Å². The number of hydrogen-bond acceptors (Lipinski definition) is 5. The van der Waals surface area contributed by atoms with Crippen molar-refractivity contribution in [3.8, 4) is 0 Å². The first-order valence-electron chi connectivity index (χ1n) is 7.57. The number of esters is 1. The van der Waals surface area contributed by atoms with E-state index in [1.807, 2.05) is 0 Å². The van der Waals surface area contributed by atoms with E-state index in [2.05, 4.69) is 15.6 Å². The van der Waals surface area contributed by atoms with E-state index in [-0.39, 0.29) is 17.5 Å². The van der Waals surface area contributed by atoms with Crippen molar-refractivity contribution in [1.29, 1.82) is 0 Å². The number of aryl methyl sites for hydroxylation is 1. The van der Waals surface area contributed by atoms with Gasteiger partial charge in [-0.15, -0.1) is 0 Å². The van der Waals surface area contributed by atoms with Gasteiger partial charge >= 0.3 is 12.0 Å². The summed E-state index contributed by atoms with van der Waals surface area (Å²) in [6, 6.07) is -0.797. The zero-order valence-corrected chi connectivity index (χ0v) is 14.7. The maximum absolute atomic E-state index is 12.2. The molecule has 3 N–H and O–H groups in total. The molecule has 8 heteroatoms. The molecule has 1 unspecified atom stereocenters. The van der Waals surface area contributed by atoms with Crippen LogP contribution in [-0.2, 0) is 9.53 Å². The molecule has 0 aliphatic heterocycles. The number of nitrogens with one attached hydrogen (secondary N) is 3. The van der Waals surface area contributed by atoms with Crippen LogP contribution in [0.25, 0.3) is 0 Å². The molecule has 1 heterocycles. The Morgan fingerprint density at radius 1 is 1.08 bits per heavy atom. The number of hydrogen-bond donors (Lipinski definition) is 3. The molecule has 0 bridgehead atoms. The van der Waals surface area contributed by atoms with Crippen LogP contribution in [0.15, 0.2) is 0 Å². The smallest absolute Gasteiger partial charge is 0.355 e. The summed E-state index contributed by atoms with van der Waals surface area (Å²) in [7, 11) is 0. The summed E-state index contributed by atoms with van der Waals surface area (Å²) >= 11 is 0. The first kappa shape index (κ1) is 19.4. The van der Waals surface area contributed by atoms with E-state index in [0.717, 1.165) is 0 Å². The van der Waals surface area contributed by atoms with Crippen molar-refractivity contribution >= 4 is 23.7 Å². The van der Waals surface area contributed by atoms with Crippen molar-refractivity contribution in [3.63, 3.8) is 0 Å². The molecule has 1 atom stereocenters. The molecule has 8 nitrogen and oxygen atoms in total. The number of ether oxygens (including phenoxy) is 1. The Morgan fingerprint density at radius 2 is 1.67 bits per heavy atom. The van der Waals surface area contributed by atoms with Crippen molar-refractivity contribution in [3.05, 3.63) is 22.5 Å². The van der Waals surface area contributed by atoms with E-state index in [0.29, 0.717) is 16.8 Å². The Bertz CT molecular complexity index is 675. The molecule has 0 aromatic carbocycles.